The lowest BCUT2D eigenvalue weighted by Gasteiger charge is -2.39. The molecular weight excluding hydrogens is 331 g/mol. The van der Waals surface area contributed by atoms with Crippen LogP contribution in [0, 0.1) is 0 Å². The zero-order valence-electron chi connectivity index (χ0n) is 13.7. The SMILES string of the molecule is CN(C)C1=N[C@@H]2[C@@H](F)[C@H](OCc3ccccc3)[C@H](CC=O)O[C@@H]2S1. The number of nitrogens with zero attached hydrogens (tertiary/aromatic N) is 2. The Hall–Kier alpha value is -1.44. The highest BCUT2D eigenvalue weighted by Crippen LogP contribution is 2.39. The van der Waals surface area contributed by atoms with Crippen LogP contribution in [0.1, 0.15) is 12.0 Å². The number of amidine groups is 1. The van der Waals surface area contributed by atoms with Gasteiger partial charge >= 0.3 is 0 Å². The molecule has 1 fully saturated rings. The number of hydrogen-bond donors (Lipinski definition) is 0. The summed E-state index contributed by atoms with van der Waals surface area (Å²) >= 11 is 1.39. The number of alkyl halides is 1. The number of halogens is 1. The Bertz CT molecular complexity index is 599. The maximum absolute atomic E-state index is 15.1. The quantitative estimate of drug-likeness (QED) is 0.761. The monoisotopic (exact) mass is 352 g/mol. The van der Waals surface area contributed by atoms with Gasteiger partial charge in [0.1, 0.15) is 23.9 Å². The molecule has 5 nitrogen and oxygen atoms in total. The van der Waals surface area contributed by atoms with Gasteiger partial charge in [-0.2, -0.15) is 0 Å². The van der Waals surface area contributed by atoms with Gasteiger partial charge in [-0.25, -0.2) is 4.39 Å². The molecule has 0 amide bonds. The normalized spacial score (nSPS) is 32.1. The van der Waals surface area contributed by atoms with Crippen molar-refractivity contribution in [3.05, 3.63) is 35.9 Å². The van der Waals surface area contributed by atoms with Crippen LogP contribution in [-0.2, 0) is 20.9 Å². The van der Waals surface area contributed by atoms with Crippen molar-refractivity contribution in [2.45, 2.75) is 42.9 Å². The summed E-state index contributed by atoms with van der Waals surface area (Å²) in [7, 11) is 3.73. The lowest BCUT2D eigenvalue weighted by molar-refractivity contribution is -0.163. The van der Waals surface area contributed by atoms with E-state index < -0.39 is 29.9 Å². The van der Waals surface area contributed by atoms with Crippen LogP contribution in [0.15, 0.2) is 35.3 Å². The maximum Gasteiger partial charge on any atom is 0.161 e. The van der Waals surface area contributed by atoms with Crippen LogP contribution in [0.25, 0.3) is 0 Å². The van der Waals surface area contributed by atoms with Gasteiger partial charge in [0.05, 0.1) is 12.7 Å². The van der Waals surface area contributed by atoms with Crippen molar-refractivity contribution in [2.75, 3.05) is 14.1 Å². The first-order valence-corrected chi connectivity index (χ1v) is 8.78. The summed E-state index contributed by atoms with van der Waals surface area (Å²) in [4.78, 5) is 17.2. The summed E-state index contributed by atoms with van der Waals surface area (Å²) in [6.45, 7) is 0.277. The lowest BCUT2D eigenvalue weighted by Crippen LogP contribution is -2.53. The van der Waals surface area contributed by atoms with Gasteiger partial charge in [0.2, 0.25) is 0 Å². The largest absolute Gasteiger partial charge is 0.368 e. The number of rotatable bonds is 5. The minimum absolute atomic E-state index is 0.112. The van der Waals surface area contributed by atoms with Crippen molar-refractivity contribution < 1.29 is 18.7 Å². The molecule has 2 aliphatic rings. The highest BCUT2D eigenvalue weighted by Gasteiger charge is 2.50. The van der Waals surface area contributed by atoms with Crippen molar-refractivity contribution in [1.82, 2.24) is 4.90 Å². The first kappa shape index (κ1) is 17.4. The first-order valence-electron chi connectivity index (χ1n) is 7.90. The van der Waals surface area contributed by atoms with Crippen LogP contribution in [0.3, 0.4) is 0 Å². The highest BCUT2D eigenvalue weighted by atomic mass is 32.2. The number of benzene rings is 1. The first-order chi connectivity index (χ1) is 11.6. The van der Waals surface area contributed by atoms with Crippen LogP contribution in [0.2, 0.25) is 0 Å². The van der Waals surface area contributed by atoms with Gasteiger partial charge in [-0.1, -0.05) is 42.1 Å². The van der Waals surface area contributed by atoms with E-state index in [9.17, 15) is 4.79 Å². The molecule has 2 heterocycles. The highest BCUT2D eigenvalue weighted by molar-refractivity contribution is 8.14. The van der Waals surface area contributed by atoms with Crippen LogP contribution in [-0.4, -0.2) is 60.3 Å². The number of aldehydes is 1. The molecular formula is C17H21FN2O3S. The molecule has 130 valence electrons. The minimum atomic E-state index is -1.30. The Morgan fingerprint density at radius 2 is 2.12 bits per heavy atom. The number of hydrogen-bond acceptors (Lipinski definition) is 6. The average Bonchev–Trinajstić information content (AvgIpc) is 3.00. The van der Waals surface area contributed by atoms with Gasteiger partial charge in [-0.05, 0) is 5.56 Å². The van der Waals surface area contributed by atoms with Gasteiger partial charge < -0.3 is 19.2 Å². The number of carbonyl (C=O) groups excluding carboxylic acids is 1. The molecule has 3 rings (SSSR count). The Morgan fingerprint density at radius 3 is 2.79 bits per heavy atom. The Morgan fingerprint density at radius 1 is 1.38 bits per heavy atom. The Balaban J connectivity index is 1.73. The summed E-state index contributed by atoms with van der Waals surface area (Å²) in [5.41, 5.74) is 0.550. The second-order valence-electron chi connectivity index (χ2n) is 6.07. The molecule has 0 aliphatic carbocycles. The fourth-order valence-electron chi connectivity index (χ4n) is 2.84. The Kier molecular flexibility index (Phi) is 5.53. The van der Waals surface area contributed by atoms with Crippen molar-refractivity contribution in [1.29, 1.82) is 0 Å². The molecule has 0 unspecified atom stereocenters. The predicted octanol–water partition coefficient (Wildman–Crippen LogP) is 2.26. The molecule has 0 bridgehead atoms. The predicted molar refractivity (Wildman–Crippen MR) is 91.8 cm³/mol. The average molecular weight is 352 g/mol. The molecule has 1 aromatic rings. The van der Waals surface area contributed by atoms with E-state index in [4.69, 9.17) is 9.47 Å². The molecule has 0 saturated carbocycles. The van der Waals surface area contributed by atoms with E-state index in [2.05, 4.69) is 4.99 Å². The number of thioether (sulfide) groups is 1. The summed E-state index contributed by atoms with van der Waals surface area (Å²) < 4.78 is 26.8. The third kappa shape index (κ3) is 3.63. The number of carbonyl (C=O) groups is 1. The van der Waals surface area contributed by atoms with E-state index in [-0.39, 0.29) is 13.0 Å². The minimum Gasteiger partial charge on any atom is -0.368 e. The van der Waals surface area contributed by atoms with E-state index in [0.29, 0.717) is 0 Å². The van der Waals surface area contributed by atoms with Crippen molar-refractivity contribution in [3.63, 3.8) is 0 Å². The molecule has 0 aromatic heterocycles. The standard InChI is InChI=1S/C17H21FN2O3S/c1-20(2)17-19-14-13(18)15(12(8-9-21)23-16(14)24-17)22-10-11-6-4-3-5-7-11/h3-7,9,12-16H,8,10H2,1-2H3/t12-,13+,14+,15+,16+/m0/s1. The number of fused-ring (bicyclic) bond motifs is 1. The molecule has 0 N–H and O–H groups in total. The van der Waals surface area contributed by atoms with E-state index in [1.54, 1.807) is 0 Å². The van der Waals surface area contributed by atoms with Gasteiger partial charge in [-0.15, -0.1) is 0 Å². The molecule has 7 heteroatoms. The Labute approximate surface area is 145 Å². The zero-order valence-corrected chi connectivity index (χ0v) is 14.5. The topological polar surface area (TPSA) is 51.1 Å². The molecule has 0 spiro atoms. The van der Waals surface area contributed by atoms with Gasteiger partial charge in [0.15, 0.2) is 11.3 Å². The van der Waals surface area contributed by atoms with Crippen LogP contribution < -0.4 is 0 Å². The van der Waals surface area contributed by atoms with Crippen molar-refractivity contribution in [2.24, 2.45) is 4.99 Å². The summed E-state index contributed by atoms with van der Waals surface area (Å²) in [5, 5.41) is 0.737. The third-order valence-corrected chi connectivity index (χ3v) is 5.38. The summed E-state index contributed by atoms with van der Waals surface area (Å²) in [6.07, 6.45) is -1.83. The van der Waals surface area contributed by atoms with Gasteiger partial charge in [-0.3, -0.25) is 4.99 Å². The van der Waals surface area contributed by atoms with E-state index in [0.717, 1.165) is 17.0 Å². The molecule has 0 radical (unpaired) electrons. The van der Waals surface area contributed by atoms with Gasteiger partial charge in [0.25, 0.3) is 0 Å². The summed E-state index contributed by atoms with van der Waals surface area (Å²) in [6, 6.07) is 8.96. The summed E-state index contributed by atoms with van der Waals surface area (Å²) in [5.74, 6) is 0. The molecule has 24 heavy (non-hydrogen) atoms. The van der Waals surface area contributed by atoms with Crippen LogP contribution >= 0.6 is 11.8 Å². The fraction of sp³-hybridized carbons (Fsp3) is 0.529. The molecule has 2 aliphatic heterocycles. The third-order valence-electron chi connectivity index (χ3n) is 4.07. The van der Waals surface area contributed by atoms with E-state index in [1.807, 2.05) is 49.3 Å². The van der Waals surface area contributed by atoms with E-state index >= 15 is 4.39 Å². The van der Waals surface area contributed by atoms with Crippen molar-refractivity contribution >= 4 is 23.2 Å². The van der Waals surface area contributed by atoms with E-state index in [1.165, 1.54) is 11.8 Å². The zero-order chi connectivity index (χ0) is 17.1. The molecule has 5 atom stereocenters. The lowest BCUT2D eigenvalue weighted by atomic mass is 9.97. The fourth-order valence-corrected chi connectivity index (χ4v) is 3.99. The van der Waals surface area contributed by atoms with Crippen LogP contribution in [0.5, 0.6) is 0 Å². The number of aliphatic imine (C=N–C) groups is 1. The molecule has 1 aromatic carbocycles. The second-order valence-corrected chi connectivity index (χ2v) is 7.13. The van der Waals surface area contributed by atoms with Crippen LogP contribution in [0.4, 0.5) is 4.39 Å². The van der Waals surface area contributed by atoms with Crippen molar-refractivity contribution in [3.8, 4) is 0 Å². The smallest absolute Gasteiger partial charge is 0.161 e. The van der Waals surface area contributed by atoms with Gasteiger partial charge in [0, 0.05) is 20.5 Å². The maximum atomic E-state index is 15.1. The second kappa shape index (κ2) is 7.63. The molecule has 1 saturated heterocycles. The number of ether oxygens (including phenoxy) is 2.